The normalized spacial score (nSPS) is 13.4. The van der Waals surface area contributed by atoms with Crippen LogP contribution in [0.5, 0.6) is 0 Å². The molecule has 0 bridgehead atoms. The Bertz CT molecular complexity index is 300. The molecular formula is C9H12Br2N2. The Kier molecular flexibility index (Phi) is 3.88. The first-order valence-electron chi connectivity index (χ1n) is 4.10. The minimum absolute atomic E-state index is 0.0370. The molecular weight excluding hydrogens is 296 g/mol. The van der Waals surface area contributed by atoms with Crippen LogP contribution in [0.3, 0.4) is 0 Å². The summed E-state index contributed by atoms with van der Waals surface area (Å²) in [5, 5.41) is 0. The third-order valence-electron chi connectivity index (χ3n) is 1.92. The van der Waals surface area contributed by atoms with Gasteiger partial charge in [-0.15, -0.1) is 0 Å². The van der Waals surface area contributed by atoms with E-state index in [-0.39, 0.29) is 6.04 Å². The van der Waals surface area contributed by atoms with Gasteiger partial charge in [0.2, 0.25) is 0 Å². The molecule has 0 spiro atoms. The van der Waals surface area contributed by atoms with Crippen LogP contribution in [0.4, 0.5) is 0 Å². The molecule has 4 heteroatoms. The highest BCUT2D eigenvalue weighted by atomic mass is 79.9. The van der Waals surface area contributed by atoms with Crippen molar-refractivity contribution in [1.82, 2.24) is 4.98 Å². The molecule has 0 aliphatic rings. The zero-order chi connectivity index (χ0) is 10.0. The van der Waals surface area contributed by atoms with Gasteiger partial charge < -0.3 is 5.73 Å². The van der Waals surface area contributed by atoms with E-state index in [1.54, 1.807) is 0 Å². The van der Waals surface area contributed by atoms with Gasteiger partial charge in [-0.1, -0.05) is 19.9 Å². The number of rotatable bonds is 2. The second-order valence-electron chi connectivity index (χ2n) is 3.28. The van der Waals surface area contributed by atoms with Gasteiger partial charge in [-0.2, -0.15) is 0 Å². The van der Waals surface area contributed by atoms with Crippen LogP contribution in [0.25, 0.3) is 0 Å². The second kappa shape index (κ2) is 4.53. The Morgan fingerprint density at radius 3 is 2.38 bits per heavy atom. The summed E-state index contributed by atoms with van der Waals surface area (Å²) >= 11 is 6.70. The van der Waals surface area contributed by atoms with E-state index in [1.165, 1.54) is 0 Å². The lowest BCUT2D eigenvalue weighted by Crippen LogP contribution is -2.17. The number of nitrogens with zero attached hydrogens (tertiary/aromatic N) is 1. The highest BCUT2D eigenvalue weighted by molar-refractivity contribution is 9.11. The van der Waals surface area contributed by atoms with Crippen LogP contribution in [0, 0.1) is 5.92 Å². The average molecular weight is 308 g/mol. The number of aromatic nitrogens is 1. The molecule has 0 fully saturated rings. The predicted octanol–water partition coefficient (Wildman–Crippen LogP) is 3.26. The summed E-state index contributed by atoms with van der Waals surface area (Å²) in [7, 11) is 0. The van der Waals surface area contributed by atoms with Gasteiger partial charge in [0.1, 0.15) is 9.21 Å². The summed E-state index contributed by atoms with van der Waals surface area (Å²) in [5.74, 6) is 0.416. The van der Waals surface area contributed by atoms with Gasteiger partial charge in [0.15, 0.2) is 0 Å². The van der Waals surface area contributed by atoms with Crippen molar-refractivity contribution in [1.29, 1.82) is 0 Å². The fourth-order valence-corrected chi connectivity index (χ4v) is 2.17. The van der Waals surface area contributed by atoms with Gasteiger partial charge in [0, 0.05) is 11.6 Å². The van der Waals surface area contributed by atoms with E-state index in [9.17, 15) is 0 Å². The third-order valence-corrected chi connectivity index (χ3v) is 3.00. The van der Waals surface area contributed by atoms with Crippen LogP contribution in [-0.4, -0.2) is 4.98 Å². The van der Waals surface area contributed by atoms with Crippen molar-refractivity contribution < 1.29 is 0 Å². The molecule has 1 rings (SSSR count). The average Bonchev–Trinajstić information content (AvgIpc) is 2.03. The van der Waals surface area contributed by atoms with Crippen LogP contribution in [0.1, 0.15) is 25.5 Å². The lowest BCUT2D eigenvalue weighted by atomic mass is 9.99. The molecule has 2 nitrogen and oxygen atoms in total. The van der Waals surface area contributed by atoms with Crippen LogP contribution >= 0.6 is 31.9 Å². The molecule has 1 aromatic heterocycles. The van der Waals surface area contributed by atoms with E-state index in [0.29, 0.717) is 5.92 Å². The number of halogens is 2. The predicted molar refractivity (Wildman–Crippen MR) is 61.4 cm³/mol. The van der Waals surface area contributed by atoms with E-state index in [1.807, 2.05) is 12.1 Å². The summed E-state index contributed by atoms with van der Waals surface area (Å²) in [6.45, 7) is 4.19. The highest BCUT2D eigenvalue weighted by Gasteiger charge is 2.14. The van der Waals surface area contributed by atoms with Gasteiger partial charge in [-0.3, -0.25) is 0 Å². The standard InChI is InChI=1S/C9H12Br2N2/c1-5(2)8(12)6-3-4-7(10)13-9(6)11/h3-5,8H,12H2,1-2H3/t8-/m1/s1. The number of hydrogen-bond acceptors (Lipinski definition) is 2. The van der Waals surface area contributed by atoms with Crippen molar-refractivity contribution in [3.05, 3.63) is 26.9 Å². The summed E-state index contributed by atoms with van der Waals surface area (Å²) in [6, 6.07) is 3.93. The lowest BCUT2D eigenvalue weighted by molar-refractivity contribution is 0.511. The van der Waals surface area contributed by atoms with Crippen molar-refractivity contribution in [3.63, 3.8) is 0 Å². The topological polar surface area (TPSA) is 38.9 Å². The molecule has 1 atom stereocenters. The summed E-state index contributed by atoms with van der Waals surface area (Å²) in [5.41, 5.74) is 7.06. The molecule has 0 aromatic carbocycles. The molecule has 72 valence electrons. The van der Waals surface area contributed by atoms with E-state index in [0.717, 1.165) is 14.8 Å². The van der Waals surface area contributed by atoms with Crippen molar-refractivity contribution in [3.8, 4) is 0 Å². The van der Waals surface area contributed by atoms with E-state index in [2.05, 4.69) is 50.7 Å². The lowest BCUT2D eigenvalue weighted by Gasteiger charge is -2.16. The zero-order valence-electron chi connectivity index (χ0n) is 7.59. The Morgan fingerprint density at radius 1 is 1.31 bits per heavy atom. The maximum absolute atomic E-state index is 6.00. The number of hydrogen-bond donors (Lipinski definition) is 1. The molecule has 0 saturated heterocycles. The zero-order valence-corrected chi connectivity index (χ0v) is 10.8. The van der Waals surface area contributed by atoms with Crippen molar-refractivity contribution >= 4 is 31.9 Å². The van der Waals surface area contributed by atoms with Gasteiger partial charge in [-0.05, 0) is 43.8 Å². The molecule has 0 radical (unpaired) electrons. The number of pyridine rings is 1. The van der Waals surface area contributed by atoms with Gasteiger partial charge in [0.25, 0.3) is 0 Å². The van der Waals surface area contributed by atoms with Gasteiger partial charge in [0.05, 0.1) is 0 Å². The van der Waals surface area contributed by atoms with Crippen LogP contribution in [0.2, 0.25) is 0 Å². The Labute approximate surface area is 95.2 Å². The minimum atomic E-state index is 0.0370. The fourth-order valence-electron chi connectivity index (χ4n) is 1.03. The molecule has 0 unspecified atom stereocenters. The Hall–Kier alpha value is 0.0700. The van der Waals surface area contributed by atoms with Crippen LogP contribution in [0.15, 0.2) is 21.3 Å². The summed E-state index contributed by atoms with van der Waals surface area (Å²) in [4.78, 5) is 4.23. The van der Waals surface area contributed by atoms with Gasteiger partial charge >= 0.3 is 0 Å². The summed E-state index contributed by atoms with van der Waals surface area (Å²) < 4.78 is 1.64. The van der Waals surface area contributed by atoms with Crippen molar-refractivity contribution in [2.75, 3.05) is 0 Å². The molecule has 13 heavy (non-hydrogen) atoms. The monoisotopic (exact) mass is 306 g/mol. The molecule has 1 heterocycles. The first-order chi connectivity index (χ1) is 6.02. The quantitative estimate of drug-likeness (QED) is 0.852. The van der Waals surface area contributed by atoms with Crippen LogP contribution < -0.4 is 5.73 Å². The van der Waals surface area contributed by atoms with Crippen molar-refractivity contribution in [2.24, 2.45) is 11.7 Å². The molecule has 0 saturated carbocycles. The smallest absolute Gasteiger partial charge is 0.112 e. The third kappa shape index (κ3) is 2.76. The Balaban J connectivity index is 3.01. The maximum atomic E-state index is 6.00. The fraction of sp³-hybridized carbons (Fsp3) is 0.444. The molecule has 2 N–H and O–H groups in total. The van der Waals surface area contributed by atoms with Crippen molar-refractivity contribution in [2.45, 2.75) is 19.9 Å². The number of nitrogens with two attached hydrogens (primary N) is 1. The SMILES string of the molecule is CC(C)[C@@H](N)c1ccc(Br)nc1Br. The summed E-state index contributed by atoms with van der Waals surface area (Å²) in [6.07, 6.45) is 0. The maximum Gasteiger partial charge on any atom is 0.112 e. The second-order valence-corrected chi connectivity index (χ2v) is 4.85. The molecule has 0 amide bonds. The van der Waals surface area contributed by atoms with E-state index >= 15 is 0 Å². The van der Waals surface area contributed by atoms with Crippen LogP contribution in [-0.2, 0) is 0 Å². The van der Waals surface area contributed by atoms with E-state index < -0.39 is 0 Å². The first-order valence-corrected chi connectivity index (χ1v) is 5.68. The van der Waals surface area contributed by atoms with E-state index in [4.69, 9.17) is 5.73 Å². The molecule has 0 aliphatic heterocycles. The Morgan fingerprint density at radius 2 is 1.92 bits per heavy atom. The largest absolute Gasteiger partial charge is 0.324 e. The highest BCUT2D eigenvalue weighted by Crippen LogP contribution is 2.26. The molecule has 1 aromatic rings. The van der Waals surface area contributed by atoms with Gasteiger partial charge in [-0.25, -0.2) is 4.98 Å². The minimum Gasteiger partial charge on any atom is -0.324 e. The molecule has 0 aliphatic carbocycles. The first kappa shape index (κ1) is 11.1.